The Morgan fingerprint density at radius 1 is 1.03 bits per heavy atom. The first-order chi connectivity index (χ1) is 15.0. The lowest BCUT2D eigenvalue weighted by atomic mass is 10.1. The summed E-state index contributed by atoms with van der Waals surface area (Å²) in [6.07, 6.45) is 0. The maximum atomic E-state index is 13.1. The first-order valence-electron chi connectivity index (χ1n) is 10.5. The predicted octanol–water partition coefficient (Wildman–Crippen LogP) is 5.04. The quantitative estimate of drug-likeness (QED) is 0.541. The van der Waals surface area contributed by atoms with Crippen LogP contribution in [0.5, 0.6) is 5.75 Å². The molecule has 0 saturated carbocycles. The predicted molar refractivity (Wildman–Crippen MR) is 122 cm³/mol. The number of hydrogen-bond donors (Lipinski definition) is 0. The third-order valence-electron chi connectivity index (χ3n) is 5.79. The monoisotopic (exact) mass is 438 g/mol. The Hall–Kier alpha value is -2.70. The van der Waals surface area contributed by atoms with Gasteiger partial charge in [-0.05, 0) is 60.2 Å². The summed E-state index contributed by atoms with van der Waals surface area (Å²) in [4.78, 5) is 17.9. The van der Waals surface area contributed by atoms with Crippen molar-refractivity contribution in [3.8, 4) is 5.75 Å². The van der Waals surface area contributed by atoms with Gasteiger partial charge in [0, 0.05) is 38.3 Å². The van der Waals surface area contributed by atoms with E-state index < -0.39 is 0 Å². The standard InChI is InChI=1S/C25H27FN2O2S/c1-18-4-3-5-23(19(18)2)30-16-21-14-24(31-17-21)25(29)28-12-10-27(11-13-28)15-20-6-8-22(26)9-7-20/h3-9,14,17H,10-13,15-16H2,1-2H3. The third kappa shape index (κ3) is 5.32. The van der Waals surface area contributed by atoms with Crippen LogP contribution in [0, 0.1) is 19.7 Å². The van der Waals surface area contributed by atoms with Crippen molar-refractivity contribution in [2.75, 3.05) is 26.2 Å². The summed E-state index contributed by atoms with van der Waals surface area (Å²) in [6, 6.07) is 14.6. The molecule has 3 aromatic rings. The summed E-state index contributed by atoms with van der Waals surface area (Å²) in [6.45, 7) is 8.40. The molecule has 2 heterocycles. The molecule has 0 spiro atoms. The van der Waals surface area contributed by atoms with E-state index in [1.807, 2.05) is 40.6 Å². The minimum absolute atomic E-state index is 0.0874. The topological polar surface area (TPSA) is 32.8 Å². The molecule has 162 valence electrons. The minimum atomic E-state index is -0.214. The van der Waals surface area contributed by atoms with Crippen molar-refractivity contribution >= 4 is 17.2 Å². The molecule has 0 unspecified atom stereocenters. The summed E-state index contributed by atoms with van der Waals surface area (Å²) >= 11 is 1.48. The van der Waals surface area contributed by atoms with Gasteiger partial charge in [-0.15, -0.1) is 11.3 Å². The first kappa shape index (κ1) is 21.5. The number of amides is 1. The van der Waals surface area contributed by atoms with Crippen molar-refractivity contribution in [1.29, 1.82) is 0 Å². The van der Waals surface area contributed by atoms with Crippen LogP contribution in [0.4, 0.5) is 4.39 Å². The van der Waals surface area contributed by atoms with Crippen LogP contribution in [-0.2, 0) is 13.2 Å². The fourth-order valence-corrected chi connectivity index (χ4v) is 4.58. The van der Waals surface area contributed by atoms with Crippen molar-refractivity contribution in [2.24, 2.45) is 0 Å². The second-order valence-corrected chi connectivity index (χ2v) is 8.91. The maximum absolute atomic E-state index is 13.1. The molecule has 1 amide bonds. The summed E-state index contributed by atoms with van der Waals surface area (Å²) in [5, 5.41) is 2.00. The average Bonchev–Trinajstić information content (AvgIpc) is 3.25. The van der Waals surface area contributed by atoms with Gasteiger partial charge in [0.25, 0.3) is 5.91 Å². The Bertz CT molecular complexity index is 1040. The Morgan fingerprint density at radius 3 is 2.52 bits per heavy atom. The zero-order chi connectivity index (χ0) is 21.8. The van der Waals surface area contributed by atoms with Crippen molar-refractivity contribution in [2.45, 2.75) is 27.0 Å². The lowest BCUT2D eigenvalue weighted by Crippen LogP contribution is -2.48. The van der Waals surface area contributed by atoms with E-state index in [1.54, 1.807) is 0 Å². The van der Waals surface area contributed by atoms with E-state index in [9.17, 15) is 9.18 Å². The number of piperazine rings is 1. The Morgan fingerprint density at radius 2 is 1.77 bits per heavy atom. The van der Waals surface area contributed by atoms with Crippen molar-refractivity contribution < 1.29 is 13.9 Å². The van der Waals surface area contributed by atoms with Crippen LogP contribution in [0.3, 0.4) is 0 Å². The Kier molecular flexibility index (Phi) is 6.68. The number of hydrogen-bond acceptors (Lipinski definition) is 4. The number of carbonyl (C=O) groups is 1. The van der Waals surface area contributed by atoms with Gasteiger partial charge in [0.05, 0.1) is 4.88 Å². The van der Waals surface area contributed by atoms with Gasteiger partial charge in [0.15, 0.2) is 0 Å². The van der Waals surface area contributed by atoms with Crippen LogP contribution in [0.15, 0.2) is 53.9 Å². The number of halogens is 1. The summed E-state index contributed by atoms with van der Waals surface area (Å²) < 4.78 is 19.0. The van der Waals surface area contributed by atoms with E-state index in [0.717, 1.165) is 47.0 Å². The van der Waals surface area contributed by atoms with Gasteiger partial charge in [0.2, 0.25) is 0 Å². The van der Waals surface area contributed by atoms with Crippen LogP contribution < -0.4 is 4.74 Å². The smallest absolute Gasteiger partial charge is 0.264 e. The lowest BCUT2D eigenvalue weighted by Gasteiger charge is -2.34. The molecule has 1 saturated heterocycles. The minimum Gasteiger partial charge on any atom is -0.489 e. The molecule has 0 radical (unpaired) electrons. The van der Waals surface area contributed by atoms with Crippen molar-refractivity contribution in [3.05, 3.63) is 86.9 Å². The molecule has 4 nitrogen and oxygen atoms in total. The number of carbonyl (C=O) groups excluding carboxylic acids is 1. The molecule has 4 rings (SSSR count). The SMILES string of the molecule is Cc1cccc(OCc2csc(C(=O)N3CCN(Cc4ccc(F)cc4)CC3)c2)c1C. The second kappa shape index (κ2) is 9.62. The first-order valence-corrected chi connectivity index (χ1v) is 11.4. The normalized spacial score (nSPS) is 14.6. The highest BCUT2D eigenvalue weighted by Gasteiger charge is 2.23. The van der Waals surface area contributed by atoms with Crippen molar-refractivity contribution in [1.82, 2.24) is 9.80 Å². The van der Waals surface area contributed by atoms with E-state index in [2.05, 4.69) is 24.8 Å². The third-order valence-corrected chi connectivity index (χ3v) is 6.76. The molecular formula is C25H27FN2O2S. The number of rotatable bonds is 6. The van der Waals surface area contributed by atoms with E-state index in [4.69, 9.17) is 4.74 Å². The molecule has 0 bridgehead atoms. The highest BCUT2D eigenvalue weighted by Crippen LogP contribution is 2.24. The molecule has 0 aliphatic carbocycles. The number of aryl methyl sites for hydroxylation is 1. The summed E-state index contributed by atoms with van der Waals surface area (Å²) in [5.74, 6) is 0.759. The highest BCUT2D eigenvalue weighted by molar-refractivity contribution is 7.12. The van der Waals surface area contributed by atoms with E-state index in [-0.39, 0.29) is 11.7 Å². The zero-order valence-corrected chi connectivity index (χ0v) is 18.8. The van der Waals surface area contributed by atoms with Gasteiger partial charge < -0.3 is 9.64 Å². The molecule has 6 heteroatoms. The Balaban J connectivity index is 1.29. The van der Waals surface area contributed by atoms with Gasteiger partial charge in [0.1, 0.15) is 18.2 Å². The molecular weight excluding hydrogens is 411 g/mol. The van der Waals surface area contributed by atoms with Gasteiger partial charge in [-0.1, -0.05) is 24.3 Å². The van der Waals surface area contributed by atoms with Crippen LogP contribution in [0.1, 0.15) is 31.9 Å². The van der Waals surface area contributed by atoms with Gasteiger partial charge in [-0.2, -0.15) is 0 Å². The fraction of sp³-hybridized carbons (Fsp3) is 0.320. The fourth-order valence-electron chi connectivity index (χ4n) is 3.72. The van der Waals surface area contributed by atoms with Gasteiger partial charge >= 0.3 is 0 Å². The average molecular weight is 439 g/mol. The van der Waals surface area contributed by atoms with Crippen LogP contribution in [0.2, 0.25) is 0 Å². The maximum Gasteiger partial charge on any atom is 0.264 e. The molecule has 0 atom stereocenters. The largest absolute Gasteiger partial charge is 0.489 e. The zero-order valence-electron chi connectivity index (χ0n) is 17.9. The van der Waals surface area contributed by atoms with Crippen LogP contribution in [0.25, 0.3) is 0 Å². The second-order valence-electron chi connectivity index (χ2n) is 8.00. The lowest BCUT2D eigenvalue weighted by molar-refractivity contribution is 0.0633. The molecule has 1 aliphatic heterocycles. The van der Waals surface area contributed by atoms with Crippen LogP contribution in [-0.4, -0.2) is 41.9 Å². The van der Waals surface area contributed by atoms with E-state index >= 15 is 0 Å². The van der Waals surface area contributed by atoms with E-state index in [1.165, 1.54) is 29.0 Å². The van der Waals surface area contributed by atoms with Crippen molar-refractivity contribution in [3.63, 3.8) is 0 Å². The molecule has 0 N–H and O–H groups in total. The highest BCUT2D eigenvalue weighted by atomic mass is 32.1. The molecule has 1 aromatic heterocycles. The summed E-state index contributed by atoms with van der Waals surface area (Å²) in [5.41, 5.74) is 4.46. The van der Waals surface area contributed by atoms with E-state index in [0.29, 0.717) is 19.7 Å². The Labute approximate surface area is 186 Å². The number of benzene rings is 2. The molecule has 1 fully saturated rings. The number of ether oxygens (including phenoxy) is 1. The molecule has 1 aliphatic rings. The molecule has 2 aromatic carbocycles. The van der Waals surface area contributed by atoms with Crippen LogP contribution >= 0.6 is 11.3 Å². The van der Waals surface area contributed by atoms with Gasteiger partial charge in [-0.3, -0.25) is 9.69 Å². The van der Waals surface area contributed by atoms with Gasteiger partial charge in [-0.25, -0.2) is 4.39 Å². The molecule has 31 heavy (non-hydrogen) atoms. The number of thiophene rings is 1. The summed E-state index contributed by atoms with van der Waals surface area (Å²) in [7, 11) is 0. The number of nitrogens with zero attached hydrogens (tertiary/aromatic N) is 2.